The molecule has 19 heavy (non-hydrogen) atoms. The number of nitrogens with zero attached hydrogens (tertiary/aromatic N) is 3. The Balaban J connectivity index is 2.18. The number of aliphatic hydroxyl groups is 1. The van der Waals surface area contributed by atoms with E-state index in [4.69, 9.17) is 0 Å². The van der Waals surface area contributed by atoms with Crippen LogP contribution >= 0.6 is 11.8 Å². The van der Waals surface area contributed by atoms with Crippen molar-refractivity contribution in [2.75, 3.05) is 19.3 Å². The van der Waals surface area contributed by atoms with Gasteiger partial charge in [0, 0.05) is 32.1 Å². The van der Waals surface area contributed by atoms with E-state index in [0.29, 0.717) is 24.7 Å². The summed E-state index contributed by atoms with van der Waals surface area (Å²) >= 11 is 1.52. The number of hydrogen-bond donors (Lipinski definition) is 1. The number of amides is 1. The van der Waals surface area contributed by atoms with Crippen LogP contribution in [0.1, 0.15) is 23.7 Å². The molecule has 0 spiro atoms. The molecule has 1 atom stereocenters. The Labute approximate surface area is 115 Å². The van der Waals surface area contributed by atoms with Gasteiger partial charge in [0.05, 0.1) is 6.10 Å². The largest absolute Gasteiger partial charge is 0.393 e. The van der Waals surface area contributed by atoms with Gasteiger partial charge in [0.15, 0.2) is 5.16 Å². The number of hydrogen-bond acceptors (Lipinski definition) is 5. The Morgan fingerprint density at radius 3 is 3.11 bits per heavy atom. The lowest BCUT2D eigenvalue weighted by Crippen LogP contribution is -2.36. The molecule has 0 aliphatic carbocycles. The highest BCUT2D eigenvalue weighted by Crippen LogP contribution is 2.20. The predicted octanol–water partition coefficient (Wildman–Crippen LogP) is 0.192. The topological polar surface area (TPSA) is 75.4 Å². The van der Waals surface area contributed by atoms with Crippen molar-refractivity contribution in [2.24, 2.45) is 0 Å². The minimum absolute atomic E-state index is 0.0966. The maximum atomic E-state index is 12.2. The Hall–Kier alpha value is -1.34. The molecule has 0 bridgehead atoms. The average Bonchev–Trinajstić information content (AvgIpc) is 2.84. The van der Waals surface area contributed by atoms with Crippen LogP contribution in [0.5, 0.6) is 0 Å². The fourth-order valence-corrected chi connectivity index (χ4v) is 2.77. The van der Waals surface area contributed by atoms with Crippen molar-refractivity contribution in [1.82, 2.24) is 14.5 Å². The molecule has 1 unspecified atom stereocenters. The average molecular weight is 283 g/mol. The zero-order valence-electron chi connectivity index (χ0n) is 11.0. The highest BCUT2D eigenvalue weighted by atomic mass is 32.2. The van der Waals surface area contributed by atoms with Crippen LogP contribution in [0.2, 0.25) is 0 Å². The first-order valence-electron chi connectivity index (χ1n) is 6.17. The Bertz CT molecular complexity index is 542. The summed E-state index contributed by atoms with van der Waals surface area (Å²) in [4.78, 5) is 29.9. The van der Waals surface area contributed by atoms with E-state index in [2.05, 4.69) is 4.98 Å². The smallest absolute Gasteiger partial charge is 0.267 e. The maximum absolute atomic E-state index is 12.2. The summed E-state index contributed by atoms with van der Waals surface area (Å²) in [6.45, 7) is 2.68. The van der Waals surface area contributed by atoms with Gasteiger partial charge in [-0.05, 0) is 13.3 Å². The van der Waals surface area contributed by atoms with Crippen molar-refractivity contribution in [3.05, 3.63) is 22.1 Å². The van der Waals surface area contributed by atoms with Crippen LogP contribution in [0, 0.1) is 0 Å². The summed E-state index contributed by atoms with van der Waals surface area (Å²) in [7, 11) is 1.62. The monoisotopic (exact) mass is 283 g/mol. The van der Waals surface area contributed by atoms with Gasteiger partial charge in [0.1, 0.15) is 5.56 Å². The second-order valence-corrected chi connectivity index (χ2v) is 5.69. The summed E-state index contributed by atoms with van der Waals surface area (Å²) in [6, 6.07) is 0. The normalized spacial score (nSPS) is 15.1. The van der Waals surface area contributed by atoms with E-state index in [1.165, 1.54) is 22.9 Å². The zero-order chi connectivity index (χ0) is 14.0. The number of aromatic nitrogens is 2. The molecular weight excluding hydrogens is 266 g/mol. The molecule has 0 radical (unpaired) electrons. The Kier molecular flexibility index (Phi) is 4.26. The molecule has 1 aromatic heterocycles. The van der Waals surface area contributed by atoms with Crippen molar-refractivity contribution in [1.29, 1.82) is 0 Å². The van der Waals surface area contributed by atoms with Crippen molar-refractivity contribution < 1.29 is 9.90 Å². The molecule has 1 N–H and O–H groups in total. The zero-order valence-corrected chi connectivity index (χ0v) is 11.8. The predicted molar refractivity (Wildman–Crippen MR) is 72.5 cm³/mol. The first-order valence-corrected chi connectivity index (χ1v) is 7.15. The summed E-state index contributed by atoms with van der Waals surface area (Å²) in [5, 5.41) is 9.89. The van der Waals surface area contributed by atoms with E-state index in [9.17, 15) is 14.7 Å². The van der Waals surface area contributed by atoms with E-state index < -0.39 is 6.10 Å². The summed E-state index contributed by atoms with van der Waals surface area (Å²) in [5.74, 6) is 0.475. The molecule has 1 aliphatic rings. The first-order chi connectivity index (χ1) is 9.00. The standard InChI is InChI=1S/C12H17N3O3S/c1-8(16)3-4-14(2)10(17)9-7-13-12-15(11(9)18)5-6-19-12/h7-8,16H,3-6H2,1-2H3. The third-order valence-electron chi connectivity index (χ3n) is 3.02. The number of thioether (sulfide) groups is 1. The Morgan fingerprint density at radius 1 is 1.68 bits per heavy atom. The van der Waals surface area contributed by atoms with Gasteiger partial charge in [-0.2, -0.15) is 0 Å². The third kappa shape index (κ3) is 2.98. The number of fused-ring (bicyclic) bond motifs is 1. The summed E-state index contributed by atoms with van der Waals surface area (Å²) < 4.78 is 1.54. The van der Waals surface area contributed by atoms with Gasteiger partial charge in [0.2, 0.25) is 0 Å². The first kappa shape index (κ1) is 14.1. The van der Waals surface area contributed by atoms with Crippen molar-refractivity contribution >= 4 is 17.7 Å². The van der Waals surface area contributed by atoms with E-state index in [1.54, 1.807) is 18.5 Å². The van der Waals surface area contributed by atoms with Gasteiger partial charge in [-0.1, -0.05) is 11.8 Å². The maximum Gasteiger partial charge on any atom is 0.267 e. The fourth-order valence-electron chi connectivity index (χ4n) is 1.85. The fraction of sp³-hybridized carbons (Fsp3) is 0.583. The number of rotatable bonds is 4. The lowest BCUT2D eigenvalue weighted by Gasteiger charge is -2.17. The van der Waals surface area contributed by atoms with Crippen molar-refractivity contribution in [2.45, 2.75) is 31.1 Å². The van der Waals surface area contributed by atoms with Crippen LogP contribution < -0.4 is 5.56 Å². The number of carbonyl (C=O) groups is 1. The minimum Gasteiger partial charge on any atom is -0.393 e. The number of aliphatic hydroxyl groups excluding tert-OH is 1. The molecule has 104 valence electrons. The SMILES string of the molecule is CC(O)CCN(C)C(=O)c1cnc2n(c1=O)CCS2. The minimum atomic E-state index is -0.467. The number of carbonyl (C=O) groups excluding carboxylic acids is 1. The van der Waals surface area contributed by atoms with Gasteiger partial charge >= 0.3 is 0 Å². The quantitative estimate of drug-likeness (QED) is 0.799. The van der Waals surface area contributed by atoms with E-state index in [0.717, 1.165) is 5.75 Å². The van der Waals surface area contributed by atoms with Gasteiger partial charge in [0.25, 0.3) is 11.5 Å². The lowest BCUT2D eigenvalue weighted by molar-refractivity contribution is 0.0765. The molecule has 6 nitrogen and oxygen atoms in total. The molecular formula is C12H17N3O3S. The van der Waals surface area contributed by atoms with Crippen LogP contribution in [0.4, 0.5) is 0 Å². The molecule has 1 amide bonds. The Morgan fingerprint density at radius 2 is 2.42 bits per heavy atom. The van der Waals surface area contributed by atoms with E-state index in [-0.39, 0.29) is 17.0 Å². The van der Waals surface area contributed by atoms with Crippen LogP contribution in [0.25, 0.3) is 0 Å². The molecule has 0 fully saturated rings. The summed E-state index contributed by atoms with van der Waals surface area (Å²) in [5.41, 5.74) is -0.178. The second kappa shape index (κ2) is 5.75. The van der Waals surface area contributed by atoms with Gasteiger partial charge < -0.3 is 10.0 Å². The van der Waals surface area contributed by atoms with E-state index >= 15 is 0 Å². The van der Waals surface area contributed by atoms with Crippen LogP contribution in [0.15, 0.2) is 16.1 Å². The molecule has 1 aliphatic heterocycles. The molecule has 0 saturated carbocycles. The van der Waals surface area contributed by atoms with Crippen LogP contribution in [-0.4, -0.2) is 50.9 Å². The molecule has 0 aromatic carbocycles. The van der Waals surface area contributed by atoms with Crippen LogP contribution in [0.3, 0.4) is 0 Å². The molecule has 7 heteroatoms. The molecule has 1 aromatic rings. The highest BCUT2D eigenvalue weighted by Gasteiger charge is 2.22. The van der Waals surface area contributed by atoms with Gasteiger partial charge in [-0.3, -0.25) is 14.2 Å². The highest BCUT2D eigenvalue weighted by molar-refractivity contribution is 7.99. The van der Waals surface area contributed by atoms with Crippen molar-refractivity contribution in [3.8, 4) is 0 Å². The van der Waals surface area contributed by atoms with Gasteiger partial charge in [-0.15, -0.1) is 0 Å². The molecule has 2 heterocycles. The van der Waals surface area contributed by atoms with Crippen molar-refractivity contribution in [3.63, 3.8) is 0 Å². The molecule has 2 rings (SSSR count). The van der Waals surface area contributed by atoms with E-state index in [1.807, 2.05) is 0 Å². The summed E-state index contributed by atoms with van der Waals surface area (Å²) in [6.07, 6.45) is 1.37. The second-order valence-electron chi connectivity index (χ2n) is 4.62. The van der Waals surface area contributed by atoms with Gasteiger partial charge in [-0.25, -0.2) is 4.98 Å². The lowest BCUT2D eigenvalue weighted by atomic mass is 10.2. The molecule has 0 saturated heterocycles. The third-order valence-corrected chi connectivity index (χ3v) is 3.99. The van der Waals surface area contributed by atoms with Crippen LogP contribution in [-0.2, 0) is 6.54 Å².